The summed E-state index contributed by atoms with van der Waals surface area (Å²) in [5, 5.41) is 10.7. The van der Waals surface area contributed by atoms with Gasteiger partial charge >= 0.3 is 0 Å². The summed E-state index contributed by atoms with van der Waals surface area (Å²) in [4.78, 5) is 0. The van der Waals surface area contributed by atoms with Crippen molar-refractivity contribution in [1.29, 1.82) is 0 Å². The molecular weight excluding hydrogens is 150 g/mol. The first-order valence-electron chi connectivity index (χ1n) is 3.88. The number of aromatic nitrogens is 2. The second-order valence-electron chi connectivity index (χ2n) is 2.34. The van der Waals surface area contributed by atoms with Crippen molar-refractivity contribution in [1.82, 2.24) is 10.2 Å². The van der Waals surface area contributed by atoms with Crippen molar-refractivity contribution >= 4 is 5.82 Å². The predicted octanol–water partition coefficient (Wildman–Crippen LogP) is 1.30. The second-order valence-corrected chi connectivity index (χ2v) is 2.34. The molecule has 0 aliphatic rings. The zero-order valence-corrected chi connectivity index (χ0v) is 6.83. The predicted molar refractivity (Wildman–Crippen MR) is 48.6 cm³/mol. The normalized spacial score (nSPS) is 8.92. The molecule has 0 aliphatic heterocycles. The van der Waals surface area contributed by atoms with Crippen LogP contribution in [-0.2, 0) is 0 Å². The van der Waals surface area contributed by atoms with Crippen molar-refractivity contribution in [3.63, 3.8) is 0 Å². The summed E-state index contributed by atoms with van der Waals surface area (Å²) in [5.41, 5.74) is 0. The van der Waals surface area contributed by atoms with Crippen LogP contribution < -0.4 is 5.32 Å². The molecule has 12 heavy (non-hydrogen) atoms. The minimum absolute atomic E-state index is 0.799. The van der Waals surface area contributed by atoms with Crippen molar-refractivity contribution in [2.75, 3.05) is 11.9 Å². The van der Waals surface area contributed by atoms with Gasteiger partial charge in [0.05, 0.1) is 0 Å². The van der Waals surface area contributed by atoms with Gasteiger partial charge in [0.25, 0.3) is 0 Å². The van der Waals surface area contributed by atoms with Crippen LogP contribution >= 0.6 is 0 Å². The number of hydrogen-bond acceptors (Lipinski definition) is 3. The highest BCUT2D eigenvalue weighted by atomic mass is 15.2. The van der Waals surface area contributed by atoms with Gasteiger partial charge in [-0.25, -0.2) is 0 Å². The molecule has 0 atom stereocenters. The van der Waals surface area contributed by atoms with Gasteiger partial charge in [0.1, 0.15) is 5.82 Å². The van der Waals surface area contributed by atoms with Gasteiger partial charge in [0.15, 0.2) is 0 Å². The summed E-state index contributed by atoms with van der Waals surface area (Å²) >= 11 is 0. The zero-order valence-electron chi connectivity index (χ0n) is 6.83. The minimum atomic E-state index is 0.799. The van der Waals surface area contributed by atoms with Gasteiger partial charge in [0, 0.05) is 19.2 Å². The van der Waals surface area contributed by atoms with E-state index in [1.807, 2.05) is 12.1 Å². The first-order chi connectivity index (χ1) is 5.93. The molecule has 0 saturated heterocycles. The quantitative estimate of drug-likeness (QED) is 0.534. The van der Waals surface area contributed by atoms with Gasteiger partial charge in [-0.1, -0.05) is 0 Å². The largest absolute Gasteiger partial charge is 0.369 e. The molecule has 1 aromatic heterocycles. The molecule has 0 amide bonds. The van der Waals surface area contributed by atoms with E-state index in [0.717, 1.165) is 25.2 Å². The third-order valence-electron chi connectivity index (χ3n) is 1.38. The molecule has 0 spiro atoms. The van der Waals surface area contributed by atoms with Gasteiger partial charge in [-0.3, -0.25) is 0 Å². The fourth-order valence-electron chi connectivity index (χ4n) is 0.803. The van der Waals surface area contributed by atoms with Gasteiger partial charge in [-0.15, -0.1) is 17.4 Å². The molecule has 0 aromatic carbocycles. The van der Waals surface area contributed by atoms with Crippen LogP contribution in [0.3, 0.4) is 0 Å². The molecule has 3 nitrogen and oxygen atoms in total. The van der Waals surface area contributed by atoms with Crippen LogP contribution in [0.4, 0.5) is 5.82 Å². The molecule has 62 valence electrons. The molecule has 1 rings (SSSR count). The van der Waals surface area contributed by atoms with Crippen LogP contribution in [0.25, 0.3) is 0 Å². The summed E-state index contributed by atoms with van der Waals surface area (Å²) in [6, 6.07) is 3.72. The number of nitrogens with zero attached hydrogens (tertiary/aromatic N) is 2. The first kappa shape index (κ1) is 8.54. The molecule has 0 radical (unpaired) electrons. The fraction of sp³-hybridized carbons (Fsp3) is 0.333. The third-order valence-corrected chi connectivity index (χ3v) is 1.38. The Bertz CT molecular complexity index is 250. The Hall–Kier alpha value is -1.56. The van der Waals surface area contributed by atoms with Crippen molar-refractivity contribution in [2.24, 2.45) is 0 Å². The molecule has 0 fully saturated rings. The molecule has 3 heteroatoms. The van der Waals surface area contributed by atoms with E-state index in [0.29, 0.717) is 0 Å². The molecular formula is C9H11N3. The maximum Gasteiger partial charge on any atom is 0.148 e. The topological polar surface area (TPSA) is 37.8 Å². The van der Waals surface area contributed by atoms with Crippen LogP contribution in [0.5, 0.6) is 0 Å². The standard InChI is InChI=1S/C9H11N3/c1-2-3-4-7-10-9-6-5-8-11-12-9/h1,5-6,8H,3-4,7H2,(H,10,12). The number of unbranched alkanes of at least 4 members (excludes halogenated alkanes) is 1. The van der Waals surface area contributed by atoms with Crippen LogP contribution in [-0.4, -0.2) is 16.7 Å². The van der Waals surface area contributed by atoms with E-state index in [9.17, 15) is 0 Å². The van der Waals surface area contributed by atoms with E-state index >= 15 is 0 Å². The summed E-state index contributed by atoms with van der Waals surface area (Å²) in [6.45, 7) is 0.850. The Morgan fingerprint density at radius 1 is 1.58 bits per heavy atom. The maximum atomic E-state index is 5.10. The lowest BCUT2D eigenvalue weighted by Gasteiger charge is -2.00. The summed E-state index contributed by atoms with van der Waals surface area (Å²) < 4.78 is 0. The van der Waals surface area contributed by atoms with Crippen LogP contribution in [0.1, 0.15) is 12.8 Å². The van der Waals surface area contributed by atoms with Gasteiger partial charge < -0.3 is 5.32 Å². The zero-order chi connectivity index (χ0) is 8.65. The number of terminal acetylenes is 1. The molecule has 1 N–H and O–H groups in total. The molecule has 0 saturated carbocycles. The number of hydrogen-bond donors (Lipinski definition) is 1. The number of rotatable bonds is 4. The number of nitrogens with one attached hydrogen (secondary N) is 1. The lowest BCUT2D eigenvalue weighted by atomic mass is 10.3. The lowest BCUT2D eigenvalue weighted by molar-refractivity contribution is 0.891. The summed E-state index contributed by atoms with van der Waals surface area (Å²) in [6.07, 6.45) is 8.51. The van der Waals surface area contributed by atoms with Crippen LogP contribution in [0.2, 0.25) is 0 Å². The monoisotopic (exact) mass is 161 g/mol. The first-order valence-corrected chi connectivity index (χ1v) is 3.88. The third kappa shape index (κ3) is 3.02. The van der Waals surface area contributed by atoms with E-state index < -0.39 is 0 Å². The summed E-state index contributed by atoms with van der Waals surface area (Å²) in [5.74, 6) is 3.38. The van der Waals surface area contributed by atoms with Crippen LogP contribution in [0.15, 0.2) is 18.3 Å². The van der Waals surface area contributed by atoms with Gasteiger partial charge in [-0.05, 0) is 18.6 Å². The average Bonchev–Trinajstić information content (AvgIpc) is 2.14. The molecule has 0 bridgehead atoms. The maximum absolute atomic E-state index is 5.10. The second kappa shape index (κ2) is 5.14. The van der Waals surface area contributed by atoms with Crippen LogP contribution in [0, 0.1) is 12.3 Å². The number of anilines is 1. The van der Waals surface area contributed by atoms with E-state index in [2.05, 4.69) is 21.4 Å². The van der Waals surface area contributed by atoms with Crippen molar-refractivity contribution in [2.45, 2.75) is 12.8 Å². The van der Waals surface area contributed by atoms with Crippen molar-refractivity contribution in [3.8, 4) is 12.3 Å². The molecule has 0 unspecified atom stereocenters. The van der Waals surface area contributed by atoms with Gasteiger partial charge in [0.2, 0.25) is 0 Å². The van der Waals surface area contributed by atoms with E-state index in [1.165, 1.54) is 0 Å². The van der Waals surface area contributed by atoms with E-state index in [-0.39, 0.29) is 0 Å². The highest BCUT2D eigenvalue weighted by molar-refractivity contribution is 5.30. The summed E-state index contributed by atoms with van der Waals surface area (Å²) in [7, 11) is 0. The van der Waals surface area contributed by atoms with Crippen molar-refractivity contribution in [3.05, 3.63) is 18.3 Å². The Balaban J connectivity index is 2.21. The Morgan fingerprint density at radius 2 is 2.50 bits per heavy atom. The fourth-order valence-corrected chi connectivity index (χ4v) is 0.803. The Labute approximate surface area is 72.2 Å². The smallest absolute Gasteiger partial charge is 0.148 e. The average molecular weight is 161 g/mol. The Kier molecular flexibility index (Phi) is 3.65. The highest BCUT2D eigenvalue weighted by Crippen LogP contribution is 1.97. The lowest BCUT2D eigenvalue weighted by Crippen LogP contribution is -2.02. The van der Waals surface area contributed by atoms with Crippen molar-refractivity contribution < 1.29 is 0 Å². The molecule has 1 heterocycles. The van der Waals surface area contributed by atoms with E-state index in [4.69, 9.17) is 6.42 Å². The molecule has 1 aromatic rings. The SMILES string of the molecule is C#CCCCNc1cccnn1. The Morgan fingerprint density at radius 3 is 3.17 bits per heavy atom. The highest BCUT2D eigenvalue weighted by Gasteiger charge is 1.89. The molecule has 0 aliphatic carbocycles. The minimum Gasteiger partial charge on any atom is -0.369 e. The van der Waals surface area contributed by atoms with E-state index in [1.54, 1.807) is 6.20 Å². The van der Waals surface area contributed by atoms with Gasteiger partial charge in [-0.2, -0.15) is 5.10 Å².